The van der Waals surface area contributed by atoms with E-state index >= 15 is 0 Å². The normalized spacial score (nSPS) is 13.3. The van der Waals surface area contributed by atoms with Crippen LogP contribution in [0.5, 0.6) is 5.75 Å². The number of aromatic nitrogens is 1. The van der Waals surface area contributed by atoms with Crippen molar-refractivity contribution in [2.75, 3.05) is 11.4 Å². The van der Waals surface area contributed by atoms with Gasteiger partial charge in [-0.25, -0.2) is 0 Å². The number of fused-ring (bicyclic) bond motifs is 1. The fourth-order valence-electron chi connectivity index (χ4n) is 3.82. The first-order chi connectivity index (χ1) is 14.0. The maximum Gasteiger partial charge on any atom is 0.231 e. The van der Waals surface area contributed by atoms with Gasteiger partial charge in [0.05, 0.1) is 17.7 Å². The van der Waals surface area contributed by atoms with Crippen LogP contribution in [-0.4, -0.2) is 17.6 Å². The molecule has 1 amide bonds. The number of nitrogens with zero attached hydrogens (tertiary/aromatic N) is 2. The van der Waals surface area contributed by atoms with Crippen molar-refractivity contribution in [3.8, 4) is 5.75 Å². The molecule has 1 aromatic heterocycles. The van der Waals surface area contributed by atoms with Crippen LogP contribution >= 0.6 is 0 Å². The predicted octanol–water partition coefficient (Wildman–Crippen LogP) is 4.70. The summed E-state index contributed by atoms with van der Waals surface area (Å²) in [6, 6.07) is 14.1. The Hall–Kier alpha value is -3.08. The van der Waals surface area contributed by atoms with Crippen LogP contribution in [0.25, 0.3) is 0 Å². The minimum atomic E-state index is 0.138. The average Bonchev–Trinajstić information content (AvgIpc) is 3.04. The highest BCUT2D eigenvalue weighted by Crippen LogP contribution is 2.28. The largest absolute Gasteiger partial charge is 0.489 e. The van der Waals surface area contributed by atoms with Gasteiger partial charge in [-0.3, -0.25) is 4.79 Å². The molecule has 2 aromatic carbocycles. The van der Waals surface area contributed by atoms with E-state index in [1.54, 1.807) is 0 Å². The van der Waals surface area contributed by atoms with Crippen molar-refractivity contribution in [2.24, 2.45) is 0 Å². The van der Waals surface area contributed by atoms with Gasteiger partial charge < -0.3 is 14.2 Å². The van der Waals surface area contributed by atoms with Crippen LogP contribution in [0.2, 0.25) is 0 Å². The Balaban J connectivity index is 1.40. The SMILES string of the molecule is Cc1ccc2c(c1)CCCN2C(=O)Cc1ccc(OCc2c(C)noc2C)cc1. The highest BCUT2D eigenvalue weighted by atomic mass is 16.5. The Bertz CT molecular complexity index is 1000. The van der Waals surface area contributed by atoms with Crippen molar-refractivity contribution in [1.82, 2.24) is 5.16 Å². The molecule has 0 N–H and O–H groups in total. The van der Waals surface area contributed by atoms with E-state index in [1.165, 1.54) is 11.1 Å². The number of benzene rings is 2. The zero-order valence-corrected chi connectivity index (χ0v) is 17.2. The van der Waals surface area contributed by atoms with Crippen LogP contribution in [0.3, 0.4) is 0 Å². The van der Waals surface area contributed by atoms with Crippen LogP contribution in [0.4, 0.5) is 5.69 Å². The summed E-state index contributed by atoms with van der Waals surface area (Å²) < 4.78 is 11.0. The Kier molecular flexibility index (Phi) is 5.38. The molecule has 0 saturated carbocycles. The number of amides is 1. The number of carbonyl (C=O) groups excluding carboxylic acids is 1. The maximum atomic E-state index is 12.9. The summed E-state index contributed by atoms with van der Waals surface area (Å²) >= 11 is 0. The molecule has 0 aliphatic carbocycles. The molecule has 0 bridgehead atoms. The van der Waals surface area contributed by atoms with Gasteiger partial charge in [0.25, 0.3) is 0 Å². The Labute approximate surface area is 171 Å². The molecule has 5 heteroatoms. The highest BCUT2D eigenvalue weighted by Gasteiger charge is 2.22. The van der Waals surface area contributed by atoms with E-state index in [0.717, 1.165) is 53.4 Å². The van der Waals surface area contributed by atoms with Crippen molar-refractivity contribution in [1.29, 1.82) is 0 Å². The van der Waals surface area contributed by atoms with Crippen LogP contribution in [0.15, 0.2) is 47.0 Å². The molecular weight excluding hydrogens is 364 g/mol. The minimum Gasteiger partial charge on any atom is -0.489 e. The molecule has 0 atom stereocenters. The zero-order chi connectivity index (χ0) is 20.4. The smallest absolute Gasteiger partial charge is 0.231 e. The molecule has 0 unspecified atom stereocenters. The van der Waals surface area contributed by atoms with Crippen LogP contribution in [-0.2, 0) is 24.2 Å². The minimum absolute atomic E-state index is 0.138. The van der Waals surface area contributed by atoms with E-state index in [4.69, 9.17) is 9.26 Å². The molecule has 0 saturated heterocycles. The lowest BCUT2D eigenvalue weighted by Gasteiger charge is -2.30. The molecule has 5 nitrogen and oxygen atoms in total. The fraction of sp³-hybridized carbons (Fsp3) is 0.333. The Morgan fingerprint density at radius 1 is 1.14 bits per heavy atom. The van der Waals surface area contributed by atoms with Gasteiger partial charge in [0, 0.05) is 12.2 Å². The number of aryl methyl sites for hydroxylation is 4. The molecule has 150 valence electrons. The van der Waals surface area contributed by atoms with Crippen LogP contribution in [0.1, 0.15) is 40.1 Å². The summed E-state index contributed by atoms with van der Waals surface area (Å²) in [7, 11) is 0. The molecule has 1 aliphatic rings. The lowest BCUT2D eigenvalue weighted by molar-refractivity contribution is -0.118. The summed E-state index contributed by atoms with van der Waals surface area (Å²) in [4.78, 5) is 14.9. The quantitative estimate of drug-likeness (QED) is 0.634. The van der Waals surface area contributed by atoms with E-state index < -0.39 is 0 Å². The van der Waals surface area contributed by atoms with Gasteiger partial charge in [-0.05, 0) is 62.9 Å². The number of ether oxygens (including phenoxy) is 1. The van der Waals surface area contributed by atoms with Crippen molar-refractivity contribution < 1.29 is 14.1 Å². The molecule has 4 rings (SSSR count). The summed E-state index contributed by atoms with van der Waals surface area (Å²) in [6.45, 7) is 7.09. The second kappa shape index (κ2) is 8.11. The monoisotopic (exact) mass is 390 g/mol. The Morgan fingerprint density at radius 3 is 2.66 bits per heavy atom. The van der Waals surface area contributed by atoms with Gasteiger partial charge in [-0.15, -0.1) is 0 Å². The van der Waals surface area contributed by atoms with Crippen molar-refractivity contribution in [3.63, 3.8) is 0 Å². The lowest BCUT2D eigenvalue weighted by atomic mass is 9.99. The molecule has 3 aromatic rings. The lowest BCUT2D eigenvalue weighted by Crippen LogP contribution is -2.36. The van der Waals surface area contributed by atoms with Crippen molar-refractivity contribution in [2.45, 2.75) is 46.6 Å². The van der Waals surface area contributed by atoms with Gasteiger partial charge in [0.15, 0.2) is 0 Å². The van der Waals surface area contributed by atoms with E-state index in [1.807, 2.05) is 43.0 Å². The van der Waals surface area contributed by atoms with Crippen molar-refractivity contribution in [3.05, 3.63) is 76.2 Å². The highest BCUT2D eigenvalue weighted by molar-refractivity contribution is 5.96. The van der Waals surface area contributed by atoms with Crippen molar-refractivity contribution >= 4 is 11.6 Å². The topological polar surface area (TPSA) is 55.6 Å². The van der Waals surface area contributed by atoms with Crippen LogP contribution in [0, 0.1) is 20.8 Å². The first-order valence-corrected chi connectivity index (χ1v) is 10.0. The maximum absolute atomic E-state index is 12.9. The molecule has 2 heterocycles. The number of hydrogen-bond acceptors (Lipinski definition) is 4. The van der Waals surface area contributed by atoms with E-state index in [2.05, 4.69) is 30.3 Å². The van der Waals surface area contributed by atoms with Gasteiger partial charge in [0.1, 0.15) is 18.1 Å². The standard InChI is InChI=1S/C24H26N2O3/c1-16-6-11-23-20(13-16)5-4-12-26(23)24(27)14-19-7-9-21(10-8-19)28-15-22-17(2)25-29-18(22)3/h6-11,13H,4-5,12,14-15H2,1-3H3. The summed E-state index contributed by atoms with van der Waals surface area (Å²) in [6.07, 6.45) is 2.44. The van der Waals surface area contributed by atoms with E-state index in [-0.39, 0.29) is 5.91 Å². The predicted molar refractivity (Wildman–Crippen MR) is 112 cm³/mol. The zero-order valence-electron chi connectivity index (χ0n) is 17.2. The van der Waals surface area contributed by atoms with Gasteiger partial charge in [0.2, 0.25) is 5.91 Å². The second-order valence-electron chi connectivity index (χ2n) is 7.69. The molecule has 0 fully saturated rings. The summed E-state index contributed by atoms with van der Waals surface area (Å²) in [5.41, 5.74) is 6.38. The number of carbonyl (C=O) groups is 1. The second-order valence-corrected chi connectivity index (χ2v) is 7.69. The Morgan fingerprint density at radius 2 is 1.93 bits per heavy atom. The average molecular weight is 390 g/mol. The third kappa shape index (κ3) is 4.19. The van der Waals surface area contributed by atoms with Gasteiger partial charge >= 0.3 is 0 Å². The summed E-state index contributed by atoms with van der Waals surface area (Å²) in [5, 5.41) is 3.94. The van der Waals surface area contributed by atoms with Crippen LogP contribution < -0.4 is 9.64 Å². The molecule has 0 spiro atoms. The van der Waals surface area contributed by atoms with E-state index in [0.29, 0.717) is 13.0 Å². The van der Waals surface area contributed by atoms with E-state index in [9.17, 15) is 4.79 Å². The molecule has 0 radical (unpaired) electrons. The first-order valence-electron chi connectivity index (χ1n) is 10.0. The first kappa shape index (κ1) is 19.2. The molecule has 29 heavy (non-hydrogen) atoms. The number of anilines is 1. The fourth-order valence-corrected chi connectivity index (χ4v) is 3.82. The number of hydrogen-bond donors (Lipinski definition) is 0. The summed E-state index contributed by atoms with van der Waals surface area (Å²) in [5.74, 6) is 1.68. The van der Waals surface area contributed by atoms with Gasteiger partial charge in [-0.1, -0.05) is 35.0 Å². The third-order valence-electron chi connectivity index (χ3n) is 5.50. The molecular formula is C24H26N2O3. The van der Waals surface area contributed by atoms with Gasteiger partial charge in [-0.2, -0.15) is 0 Å². The third-order valence-corrected chi connectivity index (χ3v) is 5.50. The molecule has 1 aliphatic heterocycles. The number of rotatable bonds is 5.